The molecule has 180 valence electrons. The van der Waals surface area contributed by atoms with Gasteiger partial charge in [0.15, 0.2) is 0 Å². The monoisotopic (exact) mass is 491 g/mol. The van der Waals surface area contributed by atoms with Gasteiger partial charge in [-0.3, -0.25) is 9.59 Å². The highest BCUT2D eigenvalue weighted by molar-refractivity contribution is 7.13. The standard InChI is InChI=1S/C24H24F3N3O3S/c1-3-30(14-21(31)29-19-11-7-6-10-18(19)24(25,26)27)22(32)13-16-15-34-23(28-16)17-9-5-8-12-20(17)33-4-2/h5-12,15H,3-4,13-14H2,1-2H3,(H,29,31). The number of para-hydroxylation sites is 2. The fourth-order valence-corrected chi connectivity index (χ4v) is 4.13. The van der Waals surface area contributed by atoms with Gasteiger partial charge in [-0.1, -0.05) is 24.3 Å². The number of rotatable bonds is 9. The predicted octanol–water partition coefficient (Wildman–Crippen LogP) is 5.26. The van der Waals surface area contributed by atoms with E-state index in [1.54, 1.807) is 12.3 Å². The molecule has 0 radical (unpaired) electrons. The van der Waals surface area contributed by atoms with Crippen LogP contribution >= 0.6 is 11.3 Å². The van der Waals surface area contributed by atoms with Crippen LogP contribution in [0.3, 0.4) is 0 Å². The van der Waals surface area contributed by atoms with Crippen molar-refractivity contribution in [2.75, 3.05) is 25.0 Å². The summed E-state index contributed by atoms with van der Waals surface area (Å²) in [5.74, 6) is -0.364. The van der Waals surface area contributed by atoms with Crippen LogP contribution in [0, 0.1) is 0 Å². The van der Waals surface area contributed by atoms with Gasteiger partial charge >= 0.3 is 6.18 Å². The molecular formula is C24H24F3N3O3S. The Hall–Kier alpha value is -3.40. The molecule has 3 aromatic rings. The number of nitrogens with zero attached hydrogens (tertiary/aromatic N) is 2. The molecule has 1 aromatic heterocycles. The summed E-state index contributed by atoms with van der Waals surface area (Å²) in [6, 6.07) is 12.2. The van der Waals surface area contributed by atoms with Crippen molar-refractivity contribution in [3.63, 3.8) is 0 Å². The van der Waals surface area contributed by atoms with Gasteiger partial charge in [-0.25, -0.2) is 4.98 Å². The van der Waals surface area contributed by atoms with E-state index in [4.69, 9.17) is 4.74 Å². The summed E-state index contributed by atoms with van der Waals surface area (Å²) in [6.07, 6.45) is -4.64. The molecular weight excluding hydrogens is 467 g/mol. The minimum atomic E-state index is -4.60. The Morgan fingerprint density at radius 2 is 1.79 bits per heavy atom. The maximum absolute atomic E-state index is 13.2. The number of hydrogen-bond acceptors (Lipinski definition) is 5. The molecule has 0 aliphatic heterocycles. The number of amides is 2. The Labute approximate surface area is 199 Å². The van der Waals surface area contributed by atoms with Crippen LogP contribution in [0.5, 0.6) is 5.75 Å². The number of hydrogen-bond donors (Lipinski definition) is 1. The third kappa shape index (κ3) is 6.34. The number of likely N-dealkylation sites (N-methyl/N-ethyl adjacent to an activating group) is 1. The lowest BCUT2D eigenvalue weighted by molar-refractivity contribution is -0.137. The van der Waals surface area contributed by atoms with Crippen molar-refractivity contribution in [1.29, 1.82) is 0 Å². The highest BCUT2D eigenvalue weighted by atomic mass is 32.1. The lowest BCUT2D eigenvalue weighted by atomic mass is 10.1. The molecule has 1 heterocycles. The Kier molecular flexibility index (Phi) is 8.27. The minimum Gasteiger partial charge on any atom is -0.493 e. The second kappa shape index (κ2) is 11.1. The molecule has 0 fully saturated rings. The van der Waals surface area contributed by atoms with E-state index in [-0.39, 0.29) is 31.1 Å². The quantitative estimate of drug-likeness (QED) is 0.443. The number of nitrogens with one attached hydrogen (secondary N) is 1. The summed E-state index contributed by atoms with van der Waals surface area (Å²) >= 11 is 1.38. The molecule has 0 aliphatic carbocycles. The molecule has 2 aromatic carbocycles. The lowest BCUT2D eigenvalue weighted by Crippen LogP contribution is -2.39. The zero-order valence-electron chi connectivity index (χ0n) is 18.7. The number of carbonyl (C=O) groups is 2. The lowest BCUT2D eigenvalue weighted by Gasteiger charge is -2.21. The molecule has 0 spiro atoms. The van der Waals surface area contributed by atoms with E-state index in [1.165, 1.54) is 34.4 Å². The maximum Gasteiger partial charge on any atom is 0.418 e. The molecule has 0 saturated carbocycles. The second-order valence-corrected chi connectivity index (χ2v) is 8.11. The smallest absolute Gasteiger partial charge is 0.418 e. The highest BCUT2D eigenvalue weighted by Crippen LogP contribution is 2.35. The summed E-state index contributed by atoms with van der Waals surface area (Å²) in [7, 11) is 0. The largest absolute Gasteiger partial charge is 0.493 e. The van der Waals surface area contributed by atoms with E-state index in [9.17, 15) is 22.8 Å². The third-order valence-electron chi connectivity index (χ3n) is 4.88. The topological polar surface area (TPSA) is 71.5 Å². The molecule has 2 amide bonds. The first-order chi connectivity index (χ1) is 16.2. The van der Waals surface area contributed by atoms with Gasteiger partial charge in [0.2, 0.25) is 11.8 Å². The van der Waals surface area contributed by atoms with Gasteiger partial charge in [0.1, 0.15) is 10.8 Å². The third-order valence-corrected chi connectivity index (χ3v) is 5.80. The predicted molar refractivity (Wildman–Crippen MR) is 125 cm³/mol. The number of alkyl halides is 3. The van der Waals surface area contributed by atoms with E-state index >= 15 is 0 Å². The van der Waals surface area contributed by atoms with Crippen molar-refractivity contribution < 1.29 is 27.5 Å². The second-order valence-electron chi connectivity index (χ2n) is 7.25. The van der Waals surface area contributed by atoms with Gasteiger partial charge in [-0.15, -0.1) is 11.3 Å². The van der Waals surface area contributed by atoms with Gasteiger partial charge < -0.3 is 15.0 Å². The van der Waals surface area contributed by atoms with Gasteiger partial charge in [0, 0.05) is 11.9 Å². The van der Waals surface area contributed by atoms with Gasteiger partial charge in [-0.05, 0) is 38.1 Å². The number of carbonyl (C=O) groups excluding carboxylic acids is 2. The number of benzene rings is 2. The number of halogens is 3. The first-order valence-electron chi connectivity index (χ1n) is 10.6. The van der Waals surface area contributed by atoms with E-state index < -0.39 is 17.6 Å². The van der Waals surface area contributed by atoms with Crippen LogP contribution in [0.15, 0.2) is 53.9 Å². The van der Waals surface area contributed by atoms with Gasteiger partial charge in [-0.2, -0.15) is 13.2 Å². The van der Waals surface area contributed by atoms with E-state index in [0.29, 0.717) is 23.1 Å². The molecule has 0 atom stereocenters. The van der Waals surface area contributed by atoms with Gasteiger partial charge in [0.05, 0.1) is 42.1 Å². The maximum atomic E-state index is 13.2. The summed E-state index contributed by atoms with van der Waals surface area (Å²) in [5, 5.41) is 4.74. The zero-order chi connectivity index (χ0) is 24.7. The number of ether oxygens (including phenoxy) is 1. The molecule has 0 unspecified atom stereocenters. The van der Waals surface area contributed by atoms with Crippen molar-refractivity contribution in [3.05, 3.63) is 65.2 Å². The number of aromatic nitrogens is 1. The summed E-state index contributed by atoms with van der Waals surface area (Å²) < 4.78 is 45.1. The Morgan fingerprint density at radius 3 is 2.50 bits per heavy atom. The van der Waals surface area contributed by atoms with E-state index in [2.05, 4.69) is 10.3 Å². The normalized spacial score (nSPS) is 11.2. The van der Waals surface area contributed by atoms with Crippen molar-refractivity contribution in [2.24, 2.45) is 0 Å². The first-order valence-corrected chi connectivity index (χ1v) is 11.5. The van der Waals surface area contributed by atoms with Gasteiger partial charge in [0.25, 0.3) is 0 Å². The molecule has 6 nitrogen and oxygen atoms in total. The first kappa shape index (κ1) is 25.2. The van der Waals surface area contributed by atoms with Crippen LogP contribution in [0.2, 0.25) is 0 Å². The molecule has 1 N–H and O–H groups in total. The van der Waals surface area contributed by atoms with E-state index in [0.717, 1.165) is 11.6 Å². The summed E-state index contributed by atoms with van der Waals surface area (Å²) in [4.78, 5) is 31.0. The summed E-state index contributed by atoms with van der Waals surface area (Å²) in [5.41, 5.74) is 0.0707. The van der Waals surface area contributed by atoms with Crippen LogP contribution in [0.1, 0.15) is 25.1 Å². The molecule has 10 heteroatoms. The van der Waals surface area contributed by atoms with Crippen LogP contribution in [0.4, 0.5) is 18.9 Å². The zero-order valence-corrected chi connectivity index (χ0v) is 19.5. The molecule has 0 aliphatic rings. The molecule has 34 heavy (non-hydrogen) atoms. The fourth-order valence-electron chi connectivity index (χ4n) is 3.28. The molecule has 0 saturated heterocycles. The summed E-state index contributed by atoms with van der Waals surface area (Å²) in [6.45, 7) is 3.94. The SMILES string of the molecule is CCOc1ccccc1-c1nc(CC(=O)N(CC)CC(=O)Nc2ccccc2C(F)(F)F)cs1. The molecule has 0 bridgehead atoms. The van der Waals surface area contributed by atoms with Crippen molar-refractivity contribution in [3.8, 4) is 16.3 Å². The van der Waals surface area contributed by atoms with Crippen molar-refractivity contribution >= 4 is 28.8 Å². The fraction of sp³-hybridized carbons (Fsp3) is 0.292. The van der Waals surface area contributed by atoms with Crippen LogP contribution < -0.4 is 10.1 Å². The average Bonchev–Trinajstić information content (AvgIpc) is 3.26. The van der Waals surface area contributed by atoms with Crippen LogP contribution in [-0.4, -0.2) is 41.4 Å². The number of thiazole rings is 1. The average molecular weight is 492 g/mol. The number of anilines is 1. The minimum absolute atomic E-state index is 0.0342. The highest BCUT2D eigenvalue weighted by Gasteiger charge is 2.33. The Balaban J connectivity index is 1.66. The van der Waals surface area contributed by atoms with Crippen molar-refractivity contribution in [2.45, 2.75) is 26.4 Å². The Morgan fingerprint density at radius 1 is 1.09 bits per heavy atom. The molecule has 3 rings (SSSR count). The Bertz CT molecular complexity index is 1150. The van der Waals surface area contributed by atoms with Crippen LogP contribution in [0.25, 0.3) is 10.6 Å². The van der Waals surface area contributed by atoms with E-state index in [1.807, 2.05) is 31.2 Å². The van der Waals surface area contributed by atoms with Crippen molar-refractivity contribution in [1.82, 2.24) is 9.88 Å². The van der Waals surface area contributed by atoms with Crippen LogP contribution in [-0.2, 0) is 22.2 Å².